The quantitative estimate of drug-likeness (QED) is 0.400. The standard InChI is InChI=1S/C32H40O6Si/c1-30(2,3)39(25-17-11-7-12-18-25,26-19-13-8-14-20-26)35-23-32(22-33)28(34-21-24-15-9-6-10-16-24)27-29(38-32)37-31(4,5)36-27/h6-20,27-29,33H,21-23H2,1-5H3. The Labute approximate surface area is 233 Å². The highest BCUT2D eigenvalue weighted by molar-refractivity contribution is 6.99. The van der Waals surface area contributed by atoms with Gasteiger partial charge in [-0.3, -0.25) is 0 Å². The monoisotopic (exact) mass is 548 g/mol. The van der Waals surface area contributed by atoms with Gasteiger partial charge in [-0.05, 0) is 34.8 Å². The second-order valence-corrected chi connectivity index (χ2v) is 16.3. The van der Waals surface area contributed by atoms with Gasteiger partial charge < -0.3 is 28.5 Å². The van der Waals surface area contributed by atoms with Crippen molar-refractivity contribution in [3.8, 4) is 0 Å². The van der Waals surface area contributed by atoms with Crippen LogP contribution < -0.4 is 10.4 Å². The largest absolute Gasteiger partial charge is 0.404 e. The first-order chi connectivity index (χ1) is 18.6. The molecule has 7 heteroatoms. The minimum atomic E-state index is -2.89. The summed E-state index contributed by atoms with van der Waals surface area (Å²) in [6.07, 6.45) is -1.78. The molecule has 1 N–H and O–H groups in total. The predicted octanol–water partition coefficient (Wildman–Crippen LogP) is 4.39. The zero-order valence-corrected chi connectivity index (χ0v) is 24.5. The second-order valence-electron chi connectivity index (χ2n) is 12.0. The molecule has 208 valence electrons. The van der Waals surface area contributed by atoms with Crippen LogP contribution in [0.1, 0.15) is 40.2 Å². The topological polar surface area (TPSA) is 66.4 Å². The molecule has 3 aromatic carbocycles. The van der Waals surface area contributed by atoms with Crippen LogP contribution in [0.3, 0.4) is 0 Å². The van der Waals surface area contributed by atoms with Gasteiger partial charge in [0.25, 0.3) is 8.32 Å². The fraction of sp³-hybridized carbons (Fsp3) is 0.438. The Morgan fingerprint density at radius 2 is 1.33 bits per heavy atom. The lowest BCUT2D eigenvalue weighted by molar-refractivity contribution is -0.257. The Kier molecular flexibility index (Phi) is 7.87. The molecule has 2 fully saturated rings. The van der Waals surface area contributed by atoms with Crippen LogP contribution in [0, 0.1) is 0 Å². The van der Waals surface area contributed by atoms with E-state index in [1.165, 1.54) is 0 Å². The molecule has 2 saturated heterocycles. The lowest BCUT2D eigenvalue weighted by Gasteiger charge is -2.45. The van der Waals surface area contributed by atoms with Crippen molar-refractivity contribution in [1.82, 2.24) is 0 Å². The summed E-state index contributed by atoms with van der Waals surface area (Å²) in [5.41, 5.74) is -0.146. The summed E-state index contributed by atoms with van der Waals surface area (Å²) in [5, 5.41) is 13.0. The van der Waals surface area contributed by atoms with Crippen LogP contribution in [-0.4, -0.2) is 56.5 Å². The van der Waals surface area contributed by atoms with Gasteiger partial charge in [0.1, 0.15) is 17.8 Å². The molecule has 3 aromatic rings. The van der Waals surface area contributed by atoms with Crippen molar-refractivity contribution in [2.75, 3.05) is 13.2 Å². The summed E-state index contributed by atoms with van der Waals surface area (Å²) >= 11 is 0. The number of aliphatic hydroxyl groups excluding tert-OH is 1. The zero-order chi connectivity index (χ0) is 27.7. The summed E-state index contributed by atoms with van der Waals surface area (Å²) in [5.74, 6) is -0.815. The Hall–Kier alpha value is -2.36. The van der Waals surface area contributed by atoms with Gasteiger partial charge in [0.15, 0.2) is 12.1 Å². The molecule has 4 atom stereocenters. The van der Waals surface area contributed by atoms with Crippen molar-refractivity contribution in [3.05, 3.63) is 96.6 Å². The van der Waals surface area contributed by atoms with Crippen LogP contribution in [0.25, 0.3) is 0 Å². The summed E-state index contributed by atoms with van der Waals surface area (Å²) in [6, 6.07) is 30.9. The van der Waals surface area contributed by atoms with Crippen molar-refractivity contribution in [2.45, 2.75) is 76.1 Å². The van der Waals surface area contributed by atoms with Gasteiger partial charge >= 0.3 is 0 Å². The molecule has 0 spiro atoms. The van der Waals surface area contributed by atoms with Crippen LogP contribution >= 0.6 is 0 Å². The van der Waals surface area contributed by atoms with Crippen molar-refractivity contribution in [2.24, 2.45) is 0 Å². The molecule has 0 aliphatic carbocycles. The average Bonchev–Trinajstić information content (AvgIpc) is 3.37. The molecule has 2 heterocycles. The Morgan fingerprint density at radius 3 is 1.85 bits per heavy atom. The van der Waals surface area contributed by atoms with Gasteiger partial charge in [-0.1, -0.05) is 112 Å². The Bertz CT molecular complexity index is 1170. The predicted molar refractivity (Wildman–Crippen MR) is 153 cm³/mol. The third kappa shape index (κ3) is 5.37. The van der Waals surface area contributed by atoms with Crippen molar-refractivity contribution in [1.29, 1.82) is 0 Å². The van der Waals surface area contributed by atoms with Gasteiger partial charge in [-0.2, -0.15) is 0 Å². The molecule has 0 radical (unpaired) electrons. The fourth-order valence-corrected chi connectivity index (χ4v) is 10.6. The SMILES string of the molecule is CC1(C)OC2OC(CO)(CO[Si](c3ccccc3)(c3ccccc3)C(C)(C)C)C(OCc3ccccc3)C2O1. The highest BCUT2D eigenvalue weighted by Crippen LogP contribution is 2.45. The number of aliphatic hydroxyl groups is 1. The van der Waals surface area contributed by atoms with Gasteiger partial charge in [0.05, 0.1) is 19.8 Å². The maximum atomic E-state index is 10.9. The van der Waals surface area contributed by atoms with E-state index in [1.54, 1.807) is 0 Å². The van der Waals surface area contributed by atoms with E-state index in [9.17, 15) is 5.11 Å². The lowest BCUT2D eigenvalue weighted by Crippen LogP contribution is -2.68. The number of rotatable bonds is 9. The first-order valence-corrected chi connectivity index (χ1v) is 15.6. The van der Waals surface area contributed by atoms with Gasteiger partial charge in [0.2, 0.25) is 0 Å². The molecule has 6 nitrogen and oxygen atoms in total. The van der Waals surface area contributed by atoms with Crippen molar-refractivity contribution in [3.63, 3.8) is 0 Å². The van der Waals surface area contributed by atoms with Crippen LogP contribution in [0.2, 0.25) is 5.04 Å². The molecule has 39 heavy (non-hydrogen) atoms. The highest BCUT2D eigenvalue weighted by atomic mass is 28.4. The van der Waals surface area contributed by atoms with Gasteiger partial charge in [0, 0.05) is 0 Å². The van der Waals surface area contributed by atoms with E-state index in [0.29, 0.717) is 6.61 Å². The first-order valence-electron chi connectivity index (χ1n) is 13.7. The van der Waals surface area contributed by atoms with Crippen LogP contribution in [-0.2, 0) is 30.0 Å². The van der Waals surface area contributed by atoms with E-state index in [2.05, 4.69) is 69.3 Å². The van der Waals surface area contributed by atoms with Crippen molar-refractivity contribution >= 4 is 18.7 Å². The third-order valence-electron chi connectivity index (χ3n) is 7.75. The maximum Gasteiger partial charge on any atom is 0.261 e. The van der Waals surface area contributed by atoms with Crippen LogP contribution in [0.4, 0.5) is 0 Å². The number of hydrogen-bond donors (Lipinski definition) is 1. The Morgan fingerprint density at radius 1 is 0.795 bits per heavy atom. The summed E-state index contributed by atoms with van der Waals surface area (Å²) in [4.78, 5) is 0. The molecular formula is C32H40O6Si. The number of ether oxygens (including phenoxy) is 4. The number of hydrogen-bond acceptors (Lipinski definition) is 6. The molecule has 0 aromatic heterocycles. The highest BCUT2D eigenvalue weighted by Gasteiger charge is 2.64. The molecule has 5 rings (SSSR count). The van der Waals surface area contributed by atoms with E-state index in [-0.39, 0.29) is 18.3 Å². The van der Waals surface area contributed by atoms with E-state index in [1.807, 2.05) is 56.3 Å². The van der Waals surface area contributed by atoms with E-state index >= 15 is 0 Å². The fourth-order valence-electron chi connectivity index (χ4n) is 5.94. The molecule has 0 amide bonds. The smallest absolute Gasteiger partial charge is 0.261 e. The summed E-state index contributed by atoms with van der Waals surface area (Å²) in [6.45, 7) is 10.6. The van der Waals surface area contributed by atoms with E-state index < -0.39 is 38.2 Å². The minimum Gasteiger partial charge on any atom is -0.404 e. The normalized spacial score (nSPS) is 26.5. The maximum absolute atomic E-state index is 10.9. The zero-order valence-electron chi connectivity index (χ0n) is 23.5. The molecule has 0 bridgehead atoms. The van der Waals surface area contributed by atoms with Crippen molar-refractivity contribution < 1.29 is 28.5 Å². The van der Waals surface area contributed by atoms with Gasteiger partial charge in [-0.25, -0.2) is 0 Å². The summed E-state index contributed by atoms with van der Waals surface area (Å²) in [7, 11) is -2.89. The average molecular weight is 549 g/mol. The van der Waals surface area contributed by atoms with E-state index in [0.717, 1.165) is 15.9 Å². The lowest BCUT2D eigenvalue weighted by atomic mass is 9.97. The number of benzene rings is 3. The Balaban J connectivity index is 1.52. The third-order valence-corrected chi connectivity index (χ3v) is 12.7. The first kappa shape index (κ1) is 28.2. The van der Waals surface area contributed by atoms with Gasteiger partial charge in [-0.15, -0.1) is 0 Å². The molecular weight excluding hydrogens is 508 g/mol. The summed E-state index contributed by atoms with van der Waals surface area (Å²) < 4.78 is 32.6. The molecule has 0 saturated carbocycles. The molecule has 2 aliphatic rings. The second kappa shape index (κ2) is 10.9. The number of fused-ring (bicyclic) bond motifs is 1. The van der Waals surface area contributed by atoms with Crippen LogP contribution in [0.15, 0.2) is 91.0 Å². The molecule has 4 unspecified atom stereocenters. The van der Waals surface area contributed by atoms with E-state index in [4.69, 9.17) is 23.4 Å². The molecule has 2 aliphatic heterocycles. The minimum absolute atomic E-state index is 0.121. The van der Waals surface area contributed by atoms with Crippen LogP contribution in [0.5, 0.6) is 0 Å².